The number of nitrogens with zero attached hydrogens (tertiary/aromatic N) is 1. The molecule has 2 aromatic rings. The zero-order valence-electron chi connectivity index (χ0n) is 13.0. The summed E-state index contributed by atoms with van der Waals surface area (Å²) in [6.07, 6.45) is 0. The second-order valence-electron chi connectivity index (χ2n) is 4.91. The summed E-state index contributed by atoms with van der Waals surface area (Å²) in [5.74, 6) is -0.982. The van der Waals surface area contributed by atoms with Gasteiger partial charge in [0.05, 0.1) is 12.3 Å². The number of anilines is 2. The molecule has 7 heteroatoms. The van der Waals surface area contributed by atoms with E-state index >= 15 is 0 Å². The molecule has 0 aromatic heterocycles. The van der Waals surface area contributed by atoms with Crippen molar-refractivity contribution in [2.45, 2.75) is 6.92 Å². The SMILES string of the molecule is CCOC(=O)CN(C(=S)c1ccc(N)cc1)c1ccc(Br)cc1F. The number of ether oxygens (including phenoxy) is 1. The third-order valence-corrected chi connectivity index (χ3v) is 4.15. The first-order valence-corrected chi connectivity index (χ1v) is 8.40. The molecule has 24 heavy (non-hydrogen) atoms. The maximum Gasteiger partial charge on any atom is 0.325 e. The largest absolute Gasteiger partial charge is 0.465 e. The lowest BCUT2D eigenvalue weighted by molar-refractivity contribution is -0.141. The van der Waals surface area contributed by atoms with E-state index in [1.807, 2.05) is 0 Å². The zero-order valence-corrected chi connectivity index (χ0v) is 15.4. The topological polar surface area (TPSA) is 55.6 Å². The maximum absolute atomic E-state index is 14.4. The third-order valence-electron chi connectivity index (χ3n) is 3.20. The first-order valence-electron chi connectivity index (χ1n) is 7.20. The van der Waals surface area contributed by atoms with Crippen molar-refractivity contribution in [3.05, 3.63) is 58.3 Å². The number of carbonyl (C=O) groups excluding carboxylic acids is 1. The first-order chi connectivity index (χ1) is 11.4. The number of hydrogen-bond acceptors (Lipinski definition) is 4. The van der Waals surface area contributed by atoms with Gasteiger partial charge in [0.15, 0.2) is 0 Å². The van der Waals surface area contributed by atoms with Crippen LogP contribution in [0.15, 0.2) is 46.9 Å². The highest BCUT2D eigenvalue weighted by Crippen LogP contribution is 2.25. The molecular weight excluding hydrogens is 395 g/mol. The number of nitrogen functional groups attached to an aromatic ring is 1. The van der Waals surface area contributed by atoms with Crippen molar-refractivity contribution >= 4 is 50.5 Å². The average Bonchev–Trinajstić information content (AvgIpc) is 2.53. The van der Waals surface area contributed by atoms with Gasteiger partial charge in [-0.15, -0.1) is 0 Å². The normalized spacial score (nSPS) is 10.3. The fourth-order valence-electron chi connectivity index (χ4n) is 2.08. The fourth-order valence-corrected chi connectivity index (χ4v) is 2.72. The predicted octanol–water partition coefficient (Wildman–Crippen LogP) is 3.92. The number of carbonyl (C=O) groups is 1. The molecule has 0 aliphatic heterocycles. The van der Waals surface area contributed by atoms with Crippen molar-refractivity contribution in [1.29, 1.82) is 0 Å². The maximum atomic E-state index is 14.4. The van der Waals surface area contributed by atoms with Crippen LogP contribution in [0.3, 0.4) is 0 Å². The van der Waals surface area contributed by atoms with Gasteiger partial charge in [0.1, 0.15) is 17.4 Å². The van der Waals surface area contributed by atoms with E-state index in [4.69, 9.17) is 22.7 Å². The van der Waals surface area contributed by atoms with Crippen LogP contribution in [0.4, 0.5) is 15.8 Å². The Kier molecular flexibility index (Phi) is 6.28. The number of esters is 1. The number of halogens is 2. The van der Waals surface area contributed by atoms with E-state index in [-0.39, 0.29) is 18.8 Å². The summed E-state index contributed by atoms with van der Waals surface area (Å²) in [4.78, 5) is 13.6. The summed E-state index contributed by atoms with van der Waals surface area (Å²) in [5.41, 5.74) is 7.13. The van der Waals surface area contributed by atoms with Crippen molar-refractivity contribution in [3.8, 4) is 0 Å². The van der Waals surface area contributed by atoms with Gasteiger partial charge in [0, 0.05) is 15.7 Å². The molecule has 2 rings (SSSR count). The van der Waals surface area contributed by atoms with Crippen LogP contribution in [-0.2, 0) is 9.53 Å². The van der Waals surface area contributed by atoms with Crippen LogP contribution in [-0.4, -0.2) is 24.1 Å². The molecule has 0 unspecified atom stereocenters. The molecule has 0 heterocycles. The molecule has 0 aliphatic rings. The minimum Gasteiger partial charge on any atom is -0.465 e. The van der Waals surface area contributed by atoms with Crippen molar-refractivity contribution in [1.82, 2.24) is 0 Å². The summed E-state index contributed by atoms with van der Waals surface area (Å²) >= 11 is 8.68. The third kappa shape index (κ3) is 4.52. The molecule has 0 atom stereocenters. The highest BCUT2D eigenvalue weighted by molar-refractivity contribution is 9.10. The lowest BCUT2D eigenvalue weighted by atomic mass is 10.1. The Morgan fingerprint density at radius 3 is 2.54 bits per heavy atom. The lowest BCUT2D eigenvalue weighted by Crippen LogP contribution is -2.36. The molecule has 2 aromatic carbocycles. The van der Waals surface area contributed by atoms with Crippen LogP contribution in [0.2, 0.25) is 0 Å². The van der Waals surface area contributed by atoms with Crippen LogP contribution in [0, 0.1) is 5.82 Å². The van der Waals surface area contributed by atoms with E-state index in [1.165, 1.54) is 11.0 Å². The predicted molar refractivity (Wildman–Crippen MR) is 101 cm³/mol. The van der Waals surface area contributed by atoms with Gasteiger partial charge in [-0.1, -0.05) is 28.1 Å². The van der Waals surface area contributed by atoms with Crippen molar-refractivity contribution in [2.24, 2.45) is 0 Å². The van der Waals surface area contributed by atoms with E-state index in [0.29, 0.717) is 20.7 Å². The Bertz CT molecular complexity index is 753. The standard InChI is InChI=1S/C17H16BrFN2O2S/c1-2-23-16(22)10-21(15-8-5-12(18)9-14(15)19)17(24)11-3-6-13(20)7-4-11/h3-9H,2,10,20H2,1H3. The van der Waals surface area contributed by atoms with E-state index in [9.17, 15) is 9.18 Å². The van der Waals surface area contributed by atoms with Crippen molar-refractivity contribution in [3.63, 3.8) is 0 Å². The van der Waals surface area contributed by atoms with Gasteiger partial charge in [0.25, 0.3) is 0 Å². The summed E-state index contributed by atoms with van der Waals surface area (Å²) < 4.78 is 19.9. The second-order valence-corrected chi connectivity index (χ2v) is 6.22. The second kappa shape index (κ2) is 8.21. The molecule has 0 amide bonds. The van der Waals surface area contributed by atoms with Gasteiger partial charge >= 0.3 is 5.97 Å². The highest BCUT2D eigenvalue weighted by Gasteiger charge is 2.21. The van der Waals surface area contributed by atoms with Crippen LogP contribution < -0.4 is 10.6 Å². The number of nitrogens with two attached hydrogens (primary N) is 1. The molecule has 126 valence electrons. The molecule has 0 fully saturated rings. The monoisotopic (exact) mass is 410 g/mol. The summed E-state index contributed by atoms with van der Waals surface area (Å²) in [6, 6.07) is 11.4. The fraction of sp³-hybridized carbons (Fsp3) is 0.176. The average molecular weight is 411 g/mol. The summed E-state index contributed by atoms with van der Waals surface area (Å²) in [7, 11) is 0. The Morgan fingerprint density at radius 2 is 1.96 bits per heavy atom. The zero-order chi connectivity index (χ0) is 17.7. The van der Waals surface area contributed by atoms with Crippen molar-refractivity contribution in [2.75, 3.05) is 23.8 Å². The van der Waals surface area contributed by atoms with Crippen LogP contribution >= 0.6 is 28.1 Å². The number of thiocarbonyl (C=S) groups is 1. The Morgan fingerprint density at radius 1 is 1.29 bits per heavy atom. The van der Waals surface area contributed by atoms with Gasteiger partial charge < -0.3 is 15.4 Å². The molecular formula is C17H16BrFN2O2S. The van der Waals surface area contributed by atoms with Crippen LogP contribution in [0.1, 0.15) is 12.5 Å². The highest BCUT2D eigenvalue weighted by atomic mass is 79.9. The molecule has 0 saturated heterocycles. The number of benzene rings is 2. The molecule has 0 saturated carbocycles. The van der Waals surface area contributed by atoms with Gasteiger partial charge in [0.2, 0.25) is 0 Å². The lowest BCUT2D eigenvalue weighted by Gasteiger charge is -2.25. The van der Waals surface area contributed by atoms with E-state index in [0.717, 1.165) is 0 Å². The van der Waals surface area contributed by atoms with Gasteiger partial charge in [-0.3, -0.25) is 4.79 Å². The van der Waals surface area contributed by atoms with Gasteiger partial charge in [-0.25, -0.2) is 4.39 Å². The van der Waals surface area contributed by atoms with E-state index < -0.39 is 11.8 Å². The first kappa shape index (κ1) is 18.4. The quantitative estimate of drug-likeness (QED) is 0.459. The van der Waals surface area contributed by atoms with Gasteiger partial charge in [-0.05, 0) is 49.4 Å². The summed E-state index contributed by atoms with van der Waals surface area (Å²) in [5, 5.41) is 0. The minimum absolute atomic E-state index is 0.185. The molecule has 0 radical (unpaired) electrons. The smallest absolute Gasteiger partial charge is 0.325 e. The molecule has 2 N–H and O–H groups in total. The van der Waals surface area contributed by atoms with E-state index in [2.05, 4.69) is 15.9 Å². The Balaban J connectivity index is 2.39. The molecule has 0 aliphatic carbocycles. The Hall–Kier alpha value is -1.99. The molecule has 4 nitrogen and oxygen atoms in total. The van der Waals surface area contributed by atoms with Crippen LogP contribution in [0.25, 0.3) is 0 Å². The Labute approximate surface area is 153 Å². The van der Waals surface area contributed by atoms with Crippen molar-refractivity contribution < 1.29 is 13.9 Å². The number of rotatable bonds is 5. The van der Waals surface area contributed by atoms with E-state index in [1.54, 1.807) is 43.3 Å². The number of hydrogen-bond donors (Lipinski definition) is 1. The molecule has 0 bridgehead atoms. The van der Waals surface area contributed by atoms with Crippen LogP contribution in [0.5, 0.6) is 0 Å². The summed E-state index contributed by atoms with van der Waals surface area (Å²) in [6.45, 7) is 1.76. The van der Waals surface area contributed by atoms with Gasteiger partial charge in [-0.2, -0.15) is 0 Å². The molecule has 0 spiro atoms. The minimum atomic E-state index is -0.494.